The van der Waals surface area contributed by atoms with Crippen molar-refractivity contribution in [2.24, 2.45) is 0 Å². The number of hydrogen-bond acceptors (Lipinski definition) is 2. The van der Waals surface area contributed by atoms with Gasteiger partial charge in [-0.05, 0) is 51.8 Å². The second kappa shape index (κ2) is 5.84. The molecule has 0 bridgehead atoms. The summed E-state index contributed by atoms with van der Waals surface area (Å²) >= 11 is 3.14. The zero-order valence-electron chi connectivity index (χ0n) is 9.86. The Morgan fingerprint density at radius 3 is 2.53 bits per heavy atom. The van der Waals surface area contributed by atoms with E-state index in [0.717, 1.165) is 5.56 Å². The maximum Gasteiger partial charge on any atom is 0.251 e. The smallest absolute Gasteiger partial charge is 0.251 e. The van der Waals surface area contributed by atoms with Crippen LogP contribution in [0.15, 0.2) is 46.9 Å². The zero-order valence-corrected chi connectivity index (χ0v) is 11.4. The standard InChI is InChI=1S/C14H11BrFNO2/c15-12-6-3-10(7-13(12)18)14(19)17-8-9-1-4-11(16)5-2-9/h1-7,18H,8H2,(H,17,19). The van der Waals surface area contributed by atoms with E-state index in [9.17, 15) is 14.3 Å². The van der Waals surface area contributed by atoms with E-state index < -0.39 is 0 Å². The van der Waals surface area contributed by atoms with Gasteiger partial charge in [0.25, 0.3) is 5.91 Å². The van der Waals surface area contributed by atoms with Crippen LogP contribution in [0.5, 0.6) is 5.75 Å². The molecule has 98 valence electrons. The van der Waals surface area contributed by atoms with E-state index in [1.807, 2.05) is 0 Å². The third-order valence-electron chi connectivity index (χ3n) is 2.57. The lowest BCUT2D eigenvalue weighted by atomic mass is 10.2. The lowest BCUT2D eigenvalue weighted by molar-refractivity contribution is 0.0950. The number of phenolic OH excluding ortho intramolecular Hbond substituents is 1. The quantitative estimate of drug-likeness (QED) is 0.911. The fourth-order valence-electron chi connectivity index (χ4n) is 1.54. The number of phenols is 1. The molecule has 5 heteroatoms. The second-order valence-electron chi connectivity index (χ2n) is 3.98. The van der Waals surface area contributed by atoms with Crippen molar-refractivity contribution in [2.75, 3.05) is 0 Å². The first-order valence-electron chi connectivity index (χ1n) is 5.57. The van der Waals surface area contributed by atoms with E-state index in [0.29, 0.717) is 16.6 Å². The van der Waals surface area contributed by atoms with Crippen molar-refractivity contribution in [1.29, 1.82) is 0 Å². The zero-order chi connectivity index (χ0) is 13.8. The number of rotatable bonds is 3. The van der Waals surface area contributed by atoms with Gasteiger partial charge in [-0.25, -0.2) is 4.39 Å². The Hall–Kier alpha value is -1.88. The first-order valence-corrected chi connectivity index (χ1v) is 6.37. The van der Waals surface area contributed by atoms with Crippen LogP contribution in [0.4, 0.5) is 4.39 Å². The highest BCUT2D eigenvalue weighted by Gasteiger charge is 2.07. The van der Waals surface area contributed by atoms with E-state index in [-0.39, 0.29) is 17.5 Å². The minimum absolute atomic E-state index is 0.00873. The van der Waals surface area contributed by atoms with E-state index >= 15 is 0 Å². The molecular weight excluding hydrogens is 313 g/mol. The maximum absolute atomic E-state index is 12.7. The number of amides is 1. The molecule has 0 saturated carbocycles. The van der Waals surface area contributed by atoms with Crippen molar-refractivity contribution in [1.82, 2.24) is 5.32 Å². The number of aromatic hydroxyl groups is 1. The number of carbonyl (C=O) groups excluding carboxylic acids is 1. The lowest BCUT2D eigenvalue weighted by Crippen LogP contribution is -2.22. The van der Waals surface area contributed by atoms with Crippen molar-refractivity contribution in [3.05, 3.63) is 63.9 Å². The molecule has 2 aromatic rings. The predicted molar refractivity (Wildman–Crippen MR) is 73.4 cm³/mol. The summed E-state index contributed by atoms with van der Waals surface area (Å²) in [5.74, 6) is -0.602. The minimum Gasteiger partial charge on any atom is -0.507 e. The minimum atomic E-state index is -0.312. The third-order valence-corrected chi connectivity index (χ3v) is 3.25. The van der Waals surface area contributed by atoms with Gasteiger partial charge in [0, 0.05) is 12.1 Å². The molecule has 0 radical (unpaired) electrons. The summed E-state index contributed by atoms with van der Waals surface area (Å²) in [6.07, 6.45) is 0. The van der Waals surface area contributed by atoms with E-state index in [4.69, 9.17) is 0 Å². The van der Waals surface area contributed by atoms with E-state index in [1.54, 1.807) is 24.3 Å². The van der Waals surface area contributed by atoms with Crippen LogP contribution >= 0.6 is 15.9 Å². The Morgan fingerprint density at radius 2 is 1.89 bits per heavy atom. The molecule has 2 N–H and O–H groups in total. The molecular formula is C14H11BrFNO2. The summed E-state index contributed by atoms with van der Waals surface area (Å²) in [7, 11) is 0. The molecule has 0 aliphatic carbocycles. The van der Waals surface area contributed by atoms with Crippen LogP contribution in [0.3, 0.4) is 0 Å². The molecule has 1 amide bonds. The predicted octanol–water partition coefficient (Wildman–Crippen LogP) is 3.22. The number of hydrogen-bond donors (Lipinski definition) is 2. The Balaban J connectivity index is 2.01. The molecule has 0 atom stereocenters. The van der Waals surface area contributed by atoms with Crippen LogP contribution < -0.4 is 5.32 Å². The van der Waals surface area contributed by atoms with Gasteiger partial charge < -0.3 is 10.4 Å². The number of halogens is 2. The topological polar surface area (TPSA) is 49.3 Å². The Labute approximate surface area is 118 Å². The highest BCUT2D eigenvalue weighted by Crippen LogP contribution is 2.24. The van der Waals surface area contributed by atoms with Crippen molar-refractivity contribution in [3.63, 3.8) is 0 Å². The normalized spacial score (nSPS) is 10.2. The first-order chi connectivity index (χ1) is 9.06. The average molecular weight is 324 g/mol. The number of nitrogens with one attached hydrogen (secondary N) is 1. The van der Waals surface area contributed by atoms with Crippen LogP contribution in [-0.2, 0) is 6.54 Å². The Bertz CT molecular complexity index is 599. The van der Waals surface area contributed by atoms with Gasteiger partial charge in [0.2, 0.25) is 0 Å². The summed E-state index contributed by atoms with van der Waals surface area (Å²) in [6, 6.07) is 10.5. The van der Waals surface area contributed by atoms with Crippen molar-refractivity contribution < 1.29 is 14.3 Å². The van der Waals surface area contributed by atoms with Gasteiger partial charge in [-0.3, -0.25) is 4.79 Å². The summed E-state index contributed by atoms with van der Waals surface area (Å²) in [4.78, 5) is 11.8. The molecule has 0 saturated heterocycles. The summed E-state index contributed by atoms with van der Waals surface area (Å²) in [5, 5.41) is 12.2. The summed E-state index contributed by atoms with van der Waals surface area (Å²) in [6.45, 7) is 0.302. The van der Waals surface area contributed by atoms with Crippen molar-refractivity contribution in [3.8, 4) is 5.75 Å². The Morgan fingerprint density at radius 1 is 1.21 bits per heavy atom. The van der Waals surface area contributed by atoms with E-state index in [1.165, 1.54) is 18.2 Å². The van der Waals surface area contributed by atoms with Gasteiger partial charge in [0.1, 0.15) is 11.6 Å². The Kier molecular flexibility index (Phi) is 4.16. The van der Waals surface area contributed by atoms with Gasteiger partial charge in [-0.2, -0.15) is 0 Å². The molecule has 0 aromatic heterocycles. The molecule has 2 aromatic carbocycles. The van der Waals surface area contributed by atoms with Crippen LogP contribution in [0, 0.1) is 5.82 Å². The number of carbonyl (C=O) groups is 1. The van der Waals surface area contributed by atoms with Gasteiger partial charge >= 0.3 is 0 Å². The lowest BCUT2D eigenvalue weighted by Gasteiger charge is -2.06. The largest absolute Gasteiger partial charge is 0.507 e. The molecule has 0 aliphatic rings. The van der Waals surface area contributed by atoms with Crippen LogP contribution in [0.25, 0.3) is 0 Å². The highest BCUT2D eigenvalue weighted by molar-refractivity contribution is 9.10. The summed E-state index contributed by atoms with van der Waals surface area (Å²) in [5.41, 5.74) is 1.17. The molecule has 0 fully saturated rings. The average Bonchev–Trinajstić information content (AvgIpc) is 2.41. The number of benzene rings is 2. The first kappa shape index (κ1) is 13.5. The van der Waals surface area contributed by atoms with Crippen LogP contribution in [0.1, 0.15) is 15.9 Å². The van der Waals surface area contributed by atoms with Gasteiger partial charge in [0.05, 0.1) is 4.47 Å². The van der Waals surface area contributed by atoms with Crippen LogP contribution in [-0.4, -0.2) is 11.0 Å². The molecule has 3 nitrogen and oxygen atoms in total. The fraction of sp³-hybridized carbons (Fsp3) is 0.0714. The highest BCUT2D eigenvalue weighted by atomic mass is 79.9. The van der Waals surface area contributed by atoms with Crippen LogP contribution in [0.2, 0.25) is 0 Å². The van der Waals surface area contributed by atoms with Gasteiger partial charge in [0.15, 0.2) is 0 Å². The molecule has 0 heterocycles. The molecule has 0 aliphatic heterocycles. The van der Waals surface area contributed by atoms with E-state index in [2.05, 4.69) is 21.2 Å². The summed E-state index contributed by atoms with van der Waals surface area (Å²) < 4.78 is 13.2. The monoisotopic (exact) mass is 323 g/mol. The van der Waals surface area contributed by atoms with Crippen molar-refractivity contribution in [2.45, 2.75) is 6.54 Å². The second-order valence-corrected chi connectivity index (χ2v) is 4.83. The maximum atomic E-state index is 12.7. The van der Waals surface area contributed by atoms with Gasteiger partial charge in [-0.15, -0.1) is 0 Å². The molecule has 2 rings (SSSR count). The fourth-order valence-corrected chi connectivity index (χ4v) is 1.79. The molecule has 0 spiro atoms. The third kappa shape index (κ3) is 3.54. The molecule has 0 unspecified atom stereocenters. The SMILES string of the molecule is O=C(NCc1ccc(F)cc1)c1ccc(Br)c(O)c1. The van der Waals surface area contributed by atoms with Gasteiger partial charge in [-0.1, -0.05) is 12.1 Å². The molecule has 19 heavy (non-hydrogen) atoms. The van der Waals surface area contributed by atoms with Crippen molar-refractivity contribution >= 4 is 21.8 Å².